The summed E-state index contributed by atoms with van der Waals surface area (Å²) < 4.78 is 39.3. The van der Waals surface area contributed by atoms with Crippen LogP contribution < -0.4 is 4.72 Å². The van der Waals surface area contributed by atoms with E-state index in [1.54, 1.807) is 0 Å². The van der Waals surface area contributed by atoms with Gasteiger partial charge >= 0.3 is 0 Å². The molecule has 18 heavy (non-hydrogen) atoms. The van der Waals surface area contributed by atoms with Crippen LogP contribution in [0.1, 0.15) is 12.8 Å². The molecule has 0 aromatic heterocycles. The van der Waals surface area contributed by atoms with Crippen molar-refractivity contribution in [2.24, 2.45) is 5.92 Å². The second-order valence-corrected chi connectivity index (χ2v) is 6.50. The van der Waals surface area contributed by atoms with Gasteiger partial charge in [0, 0.05) is 11.6 Å². The molecule has 2 rings (SSSR count). The van der Waals surface area contributed by atoms with Gasteiger partial charge < -0.3 is 5.11 Å². The van der Waals surface area contributed by atoms with E-state index in [9.17, 15) is 17.9 Å². The van der Waals surface area contributed by atoms with Gasteiger partial charge in [0.2, 0.25) is 10.0 Å². The van der Waals surface area contributed by atoms with Crippen molar-refractivity contribution < 1.29 is 17.9 Å². The van der Waals surface area contributed by atoms with Gasteiger partial charge in [-0.15, -0.1) is 0 Å². The molecule has 0 radical (unpaired) electrons. The molecule has 0 heterocycles. The summed E-state index contributed by atoms with van der Waals surface area (Å²) in [7, 11) is -3.95. The fraction of sp³-hybridized carbons (Fsp3) is 0.455. The molecule has 2 N–H and O–H groups in total. The Morgan fingerprint density at radius 2 is 2.17 bits per heavy atom. The van der Waals surface area contributed by atoms with Gasteiger partial charge in [0.1, 0.15) is 10.7 Å². The number of rotatable bonds is 5. The summed E-state index contributed by atoms with van der Waals surface area (Å²) in [6, 6.07) is 3.34. The highest BCUT2D eigenvalue weighted by atomic mass is 35.5. The SMILES string of the molecule is O=S(=O)(NCC(O)C1CC1)c1ccc(Cl)cc1F. The Morgan fingerprint density at radius 1 is 1.50 bits per heavy atom. The van der Waals surface area contributed by atoms with Crippen LogP contribution in [0.25, 0.3) is 0 Å². The minimum absolute atomic E-state index is 0.102. The summed E-state index contributed by atoms with van der Waals surface area (Å²) in [5.41, 5.74) is 0. The summed E-state index contributed by atoms with van der Waals surface area (Å²) in [6.45, 7) is -0.102. The predicted molar refractivity (Wildman–Crippen MR) is 65.3 cm³/mol. The smallest absolute Gasteiger partial charge is 0.243 e. The maximum absolute atomic E-state index is 13.5. The Labute approximate surface area is 110 Å². The molecule has 0 spiro atoms. The standard InChI is InChI=1S/C11H13ClFNO3S/c12-8-3-4-11(9(13)5-8)18(16,17)14-6-10(15)7-1-2-7/h3-5,7,10,14-15H,1-2,6H2. The van der Waals surface area contributed by atoms with Gasteiger partial charge in [0.25, 0.3) is 0 Å². The summed E-state index contributed by atoms with van der Waals surface area (Å²) in [5, 5.41) is 9.70. The molecule has 0 amide bonds. The van der Waals surface area contributed by atoms with Crippen molar-refractivity contribution in [1.29, 1.82) is 0 Å². The van der Waals surface area contributed by atoms with Crippen LogP contribution in [0.15, 0.2) is 23.1 Å². The Kier molecular flexibility index (Phi) is 3.91. The quantitative estimate of drug-likeness (QED) is 0.865. The Morgan fingerprint density at radius 3 is 2.72 bits per heavy atom. The van der Waals surface area contributed by atoms with Gasteiger partial charge in [0.15, 0.2) is 0 Å². The van der Waals surface area contributed by atoms with Gasteiger partial charge in [-0.2, -0.15) is 0 Å². The number of hydrogen-bond donors (Lipinski definition) is 2. The first-order valence-corrected chi connectivity index (χ1v) is 7.39. The van der Waals surface area contributed by atoms with Gasteiger partial charge in [-0.05, 0) is 37.0 Å². The van der Waals surface area contributed by atoms with Crippen molar-refractivity contribution in [1.82, 2.24) is 4.72 Å². The molecule has 1 aliphatic rings. The maximum atomic E-state index is 13.5. The van der Waals surface area contributed by atoms with E-state index in [0.717, 1.165) is 25.0 Å². The zero-order valence-electron chi connectivity index (χ0n) is 9.44. The minimum Gasteiger partial charge on any atom is -0.391 e. The fourth-order valence-corrected chi connectivity index (χ4v) is 2.88. The average Bonchev–Trinajstić information content (AvgIpc) is 3.09. The molecule has 1 aromatic rings. The molecule has 1 aliphatic carbocycles. The summed E-state index contributed by atoms with van der Waals surface area (Å²) in [4.78, 5) is -0.463. The zero-order chi connectivity index (χ0) is 13.3. The monoisotopic (exact) mass is 293 g/mol. The normalized spacial score (nSPS) is 17.7. The van der Waals surface area contributed by atoms with Crippen LogP contribution in [-0.4, -0.2) is 26.2 Å². The predicted octanol–water partition coefficient (Wildman–Crippen LogP) is 1.53. The third-order valence-electron chi connectivity index (χ3n) is 2.83. The Bertz CT molecular complexity index is 545. The Balaban J connectivity index is 2.09. The van der Waals surface area contributed by atoms with E-state index in [1.165, 1.54) is 6.07 Å². The molecule has 100 valence electrons. The van der Waals surface area contributed by atoms with E-state index < -0.39 is 26.8 Å². The van der Waals surface area contributed by atoms with Crippen molar-refractivity contribution >= 4 is 21.6 Å². The lowest BCUT2D eigenvalue weighted by Crippen LogP contribution is -2.33. The van der Waals surface area contributed by atoms with E-state index in [2.05, 4.69) is 4.72 Å². The van der Waals surface area contributed by atoms with Crippen LogP contribution in [-0.2, 0) is 10.0 Å². The third-order valence-corrected chi connectivity index (χ3v) is 4.52. The van der Waals surface area contributed by atoms with Crippen LogP contribution in [0, 0.1) is 11.7 Å². The first-order chi connectivity index (χ1) is 8.40. The molecule has 7 heteroatoms. The summed E-state index contributed by atoms with van der Waals surface area (Å²) in [5.74, 6) is -0.751. The van der Waals surface area contributed by atoms with E-state index >= 15 is 0 Å². The van der Waals surface area contributed by atoms with Gasteiger partial charge in [-0.25, -0.2) is 17.5 Å². The van der Waals surface area contributed by atoms with Gasteiger partial charge in [-0.3, -0.25) is 0 Å². The summed E-state index contributed by atoms with van der Waals surface area (Å²) >= 11 is 5.55. The van der Waals surface area contributed by atoms with Crippen molar-refractivity contribution in [2.45, 2.75) is 23.8 Å². The molecule has 1 aromatic carbocycles. The number of aliphatic hydroxyl groups is 1. The lowest BCUT2D eigenvalue weighted by Gasteiger charge is -2.11. The van der Waals surface area contributed by atoms with Crippen molar-refractivity contribution in [2.75, 3.05) is 6.54 Å². The zero-order valence-corrected chi connectivity index (χ0v) is 11.0. The molecule has 1 atom stereocenters. The molecule has 1 saturated carbocycles. The molecule has 1 fully saturated rings. The largest absolute Gasteiger partial charge is 0.391 e. The molecular formula is C11H13ClFNO3S. The number of halogens is 2. The van der Waals surface area contributed by atoms with E-state index in [1.807, 2.05) is 0 Å². The highest BCUT2D eigenvalue weighted by Crippen LogP contribution is 2.32. The number of sulfonamides is 1. The number of nitrogens with one attached hydrogen (secondary N) is 1. The van der Waals surface area contributed by atoms with Crippen molar-refractivity contribution in [3.63, 3.8) is 0 Å². The molecule has 0 bridgehead atoms. The van der Waals surface area contributed by atoms with Crippen LogP contribution >= 0.6 is 11.6 Å². The molecule has 1 unspecified atom stereocenters. The van der Waals surface area contributed by atoms with E-state index in [0.29, 0.717) is 0 Å². The fourth-order valence-electron chi connectivity index (χ4n) is 1.61. The average molecular weight is 294 g/mol. The second kappa shape index (κ2) is 5.13. The maximum Gasteiger partial charge on any atom is 0.243 e. The van der Waals surface area contributed by atoms with Crippen LogP contribution in [0.5, 0.6) is 0 Å². The van der Waals surface area contributed by atoms with Crippen LogP contribution in [0.3, 0.4) is 0 Å². The molecular weight excluding hydrogens is 281 g/mol. The van der Waals surface area contributed by atoms with Crippen LogP contribution in [0.2, 0.25) is 5.02 Å². The molecule has 0 aliphatic heterocycles. The van der Waals surface area contributed by atoms with E-state index in [-0.39, 0.29) is 17.5 Å². The highest BCUT2D eigenvalue weighted by molar-refractivity contribution is 7.89. The highest BCUT2D eigenvalue weighted by Gasteiger charge is 2.31. The molecule has 0 saturated heterocycles. The second-order valence-electron chi connectivity index (χ2n) is 4.33. The summed E-state index contributed by atoms with van der Waals surface area (Å²) in [6.07, 6.45) is 1.09. The Hall–Kier alpha value is -0.690. The van der Waals surface area contributed by atoms with Crippen LogP contribution in [0.4, 0.5) is 4.39 Å². The third kappa shape index (κ3) is 3.20. The topological polar surface area (TPSA) is 66.4 Å². The number of benzene rings is 1. The van der Waals surface area contributed by atoms with Crippen molar-refractivity contribution in [3.05, 3.63) is 29.0 Å². The van der Waals surface area contributed by atoms with Crippen molar-refractivity contribution in [3.8, 4) is 0 Å². The van der Waals surface area contributed by atoms with Gasteiger partial charge in [0.05, 0.1) is 6.10 Å². The minimum atomic E-state index is -3.95. The van der Waals surface area contributed by atoms with E-state index in [4.69, 9.17) is 11.6 Å². The first kappa shape index (κ1) is 13.7. The van der Waals surface area contributed by atoms with Gasteiger partial charge in [-0.1, -0.05) is 11.6 Å². The lowest BCUT2D eigenvalue weighted by molar-refractivity contribution is 0.155. The lowest BCUT2D eigenvalue weighted by atomic mass is 10.2. The molecule has 4 nitrogen and oxygen atoms in total. The first-order valence-electron chi connectivity index (χ1n) is 5.53. The number of hydrogen-bond acceptors (Lipinski definition) is 3. The number of aliphatic hydroxyl groups excluding tert-OH is 1.